The van der Waals surface area contributed by atoms with E-state index in [-0.39, 0.29) is 11.9 Å². The summed E-state index contributed by atoms with van der Waals surface area (Å²) in [5.74, 6) is 1.64. The van der Waals surface area contributed by atoms with Crippen molar-refractivity contribution >= 4 is 11.7 Å². The van der Waals surface area contributed by atoms with E-state index in [0.29, 0.717) is 5.69 Å². The van der Waals surface area contributed by atoms with E-state index in [9.17, 15) is 4.79 Å². The number of amides is 1. The van der Waals surface area contributed by atoms with Gasteiger partial charge in [-0.05, 0) is 32.8 Å². The fourth-order valence-electron chi connectivity index (χ4n) is 3.02. The highest BCUT2D eigenvalue weighted by Gasteiger charge is 2.24. The van der Waals surface area contributed by atoms with Gasteiger partial charge in [-0.25, -0.2) is 9.97 Å². The Bertz CT molecular complexity index is 690. The Hall–Kier alpha value is -2.44. The third-order valence-electron chi connectivity index (χ3n) is 4.09. The Labute approximate surface area is 135 Å². The van der Waals surface area contributed by atoms with E-state index in [1.165, 1.54) is 0 Å². The first kappa shape index (κ1) is 15.5. The van der Waals surface area contributed by atoms with E-state index < -0.39 is 0 Å². The molecular formula is C16H22N6O. The molecule has 23 heavy (non-hydrogen) atoms. The summed E-state index contributed by atoms with van der Waals surface area (Å²) in [7, 11) is 1.77. The quantitative estimate of drug-likeness (QED) is 0.922. The molecule has 7 nitrogen and oxygen atoms in total. The van der Waals surface area contributed by atoms with Gasteiger partial charge in [-0.2, -0.15) is 5.10 Å². The first-order chi connectivity index (χ1) is 11.0. The van der Waals surface area contributed by atoms with Crippen molar-refractivity contribution in [3.05, 3.63) is 35.5 Å². The minimum atomic E-state index is -0.0769. The summed E-state index contributed by atoms with van der Waals surface area (Å²) in [5, 5.41) is 7.15. The van der Waals surface area contributed by atoms with Gasteiger partial charge in [-0.3, -0.25) is 9.48 Å². The molecule has 0 aromatic carbocycles. The standard InChI is InChI=1S/C16H22N6O/c1-11-9-15(19-12(2)18-11)22-8-4-5-13(10-22)20-16(23)14-6-7-17-21(14)3/h6-7,9,13H,4-5,8,10H2,1-3H3,(H,20,23). The molecule has 1 aliphatic heterocycles. The Kier molecular flexibility index (Phi) is 4.27. The molecule has 1 unspecified atom stereocenters. The van der Waals surface area contributed by atoms with Crippen molar-refractivity contribution < 1.29 is 4.79 Å². The molecule has 0 aliphatic carbocycles. The van der Waals surface area contributed by atoms with Gasteiger partial charge in [0.1, 0.15) is 17.3 Å². The van der Waals surface area contributed by atoms with Gasteiger partial charge in [0, 0.05) is 44.1 Å². The van der Waals surface area contributed by atoms with Gasteiger partial charge in [0.2, 0.25) is 0 Å². The molecular weight excluding hydrogens is 292 g/mol. The van der Waals surface area contributed by atoms with Gasteiger partial charge >= 0.3 is 0 Å². The molecule has 0 radical (unpaired) electrons. The molecule has 7 heteroatoms. The molecule has 1 fully saturated rings. The van der Waals surface area contributed by atoms with Crippen molar-refractivity contribution in [1.29, 1.82) is 0 Å². The molecule has 122 valence electrons. The SMILES string of the molecule is Cc1cc(N2CCCC(NC(=O)c3ccnn3C)C2)nc(C)n1. The van der Waals surface area contributed by atoms with E-state index in [1.807, 2.05) is 19.9 Å². The van der Waals surface area contributed by atoms with Gasteiger partial charge in [0.15, 0.2) is 0 Å². The molecule has 3 rings (SSSR count). The molecule has 1 atom stereocenters. The third-order valence-corrected chi connectivity index (χ3v) is 4.09. The van der Waals surface area contributed by atoms with Crippen LogP contribution in [0.25, 0.3) is 0 Å². The first-order valence-corrected chi connectivity index (χ1v) is 7.89. The summed E-state index contributed by atoms with van der Waals surface area (Å²) in [6, 6.07) is 3.84. The molecule has 2 aromatic rings. The molecule has 0 bridgehead atoms. The Morgan fingerprint density at radius 2 is 2.17 bits per heavy atom. The molecule has 1 N–H and O–H groups in total. The number of nitrogens with zero attached hydrogens (tertiary/aromatic N) is 5. The van der Waals surface area contributed by atoms with Crippen LogP contribution in [0.1, 0.15) is 34.8 Å². The van der Waals surface area contributed by atoms with Gasteiger partial charge in [-0.15, -0.1) is 0 Å². The van der Waals surface area contributed by atoms with E-state index in [0.717, 1.165) is 43.3 Å². The Morgan fingerprint density at radius 1 is 1.35 bits per heavy atom. The lowest BCUT2D eigenvalue weighted by atomic mass is 10.1. The number of aromatic nitrogens is 4. The van der Waals surface area contributed by atoms with E-state index in [2.05, 4.69) is 25.3 Å². The van der Waals surface area contributed by atoms with E-state index in [1.54, 1.807) is 24.0 Å². The average molecular weight is 314 g/mol. The number of hydrogen-bond acceptors (Lipinski definition) is 5. The van der Waals surface area contributed by atoms with E-state index >= 15 is 0 Å². The van der Waals surface area contributed by atoms with Crippen LogP contribution in [0.3, 0.4) is 0 Å². The van der Waals surface area contributed by atoms with Crippen molar-refractivity contribution in [2.45, 2.75) is 32.7 Å². The summed E-state index contributed by atoms with van der Waals surface area (Å²) >= 11 is 0. The predicted molar refractivity (Wildman–Crippen MR) is 87.4 cm³/mol. The maximum Gasteiger partial charge on any atom is 0.269 e. The van der Waals surface area contributed by atoms with Crippen LogP contribution in [0.5, 0.6) is 0 Å². The lowest BCUT2D eigenvalue weighted by Gasteiger charge is -2.34. The zero-order valence-electron chi connectivity index (χ0n) is 13.8. The third kappa shape index (κ3) is 3.49. The molecule has 2 aromatic heterocycles. The van der Waals surface area contributed by atoms with Gasteiger partial charge < -0.3 is 10.2 Å². The van der Waals surface area contributed by atoms with Crippen LogP contribution in [-0.2, 0) is 7.05 Å². The number of rotatable bonds is 3. The maximum atomic E-state index is 12.3. The summed E-state index contributed by atoms with van der Waals surface area (Å²) in [6.07, 6.45) is 3.64. The lowest BCUT2D eigenvalue weighted by molar-refractivity contribution is 0.0923. The Balaban J connectivity index is 1.68. The minimum absolute atomic E-state index is 0.0769. The summed E-state index contributed by atoms with van der Waals surface area (Å²) in [6.45, 7) is 5.60. The van der Waals surface area contributed by atoms with Crippen molar-refractivity contribution in [2.24, 2.45) is 7.05 Å². The topological polar surface area (TPSA) is 75.9 Å². The van der Waals surface area contributed by atoms with Gasteiger partial charge in [0.05, 0.1) is 0 Å². The molecule has 1 aliphatic rings. The molecule has 0 saturated carbocycles. The number of anilines is 1. The van der Waals surface area contributed by atoms with Crippen LogP contribution in [0, 0.1) is 13.8 Å². The average Bonchev–Trinajstić information content (AvgIpc) is 2.93. The smallest absolute Gasteiger partial charge is 0.269 e. The fraction of sp³-hybridized carbons (Fsp3) is 0.500. The second-order valence-corrected chi connectivity index (χ2v) is 6.01. The van der Waals surface area contributed by atoms with Crippen LogP contribution in [0.4, 0.5) is 5.82 Å². The second-order valence-electron chi connectivity index (χ2n) is 6.01. The van der Waals surface area contributed by atoms with Crippen molar-refractivity contribution in [1.82, 2.24) is 25.1 Å². The van der Waals surface area contributed by atoms with Gasteiger partial charge in [0.25, 0.3) is 5.91 Å². The highest BCUT2D eigenvalue weighted by molar-refractivity contribution is 5.92. The number of hydrogen-bond donors (Lipinski definition) is 1. The zero-order chi connectivity index (χ0) is 16.4. The van der Waals surface area contributed by atoms with Crippen LogP contribution in [0.2, 0.25) is 0 Å². The fourth-order valence-corrected chi connectivity index (χ4v) is 3.02. The zero-order valence-corrected chi connectivity index (χ0v) is 13.8. The van der Waals surface area contributed by atoms with Crippen LogP contribution in [0.15, 0.2) is 18.3 Å². The number of aryl methyl sites for hydroxylation is 3. The second kappa shape index (κ2) is 6.36. The number of carbonyl (C=O) groups excluding carboxylic acids is 1. The van der Waals surface area contributed by atoms with E-state index in [4.69, 9.17) is 0 Å². The monoisotopic (exact) mass is 314 g/mol. The lowest BCUT2D eigenvalue weighted by Crippen LogP contribution is -2.48. The summed E-state index contributed by atoms with van der Waals surface area (Å²) < 4.78 is 1.59. The number of carbonyl (C=O) groups is 1. The minimum Gasteiger partial charge on any atom is -0.354 e. The molecule has 1 amide bonds. The Morgan fingerprint density at radius 3 is 2.87 bits per heavy atom. The normalized spacial score (nSPS) is 18.0. The number of piperidine rings is 1. The van der Waals surface area contributed by atoms with Gasteiger partial charge in [-0.1, -0.05) is 0 Å². The molecule has 3 heterocycles. The summed E-state index contributed by atoms with van der Waals surface area (Å²) in [5.41, 5.74) is 1.55. The maximum absolute atomic E-state index is 12.3. The van der Waals surface area contributed by atoms with Crippen molar-refractivity contribution in [3.63, 3.8) is 0 Å². The molecule has 1 saturated heterocycles. The summed E-state index contributed by atoms with van der Waals surface area (Å²) in [4.78, 5) is 23.4. The highest BCUT2D eigenvalue weighted by Crippen LogP contribution is 2.19. The predicted octanol–water partition coefficient (Wildman–Crippen LogP) is 1.23. The van der Waals surface area contributed by atoms with Crippen LogP contribution in [-0.4, -0.2) is 44.8 Å². The van der Waals surface area contributed by atoms with Crippen molar-refractivity contribution in [3.8, 4) is 0 Å². The van der Waals surface area contributed by atoms with Crippen LogP contribution >= 0.6 is 0 Å². The van der Waals surface area contributed by atoms with Crippen molar-refractivity contribution in [2.75, 3.05) is 18.0 Å². The number of nitrogens with one attached hydrogen (secondary N) is 1. The van der Waals surface area contributed by atoms with Crippen LogP contribution < -0.4 is 10.2 Å². The molecule has 0 spiro atoms. The first-order valence-electron chi connectivity index (χ1n) is 7.89. The largest absolute Gasteiger partial charge is 0.354 e. The highest BCUT2D eigenvalue weighted by atomic mass is 16.2.